The van der Waals surface area contributed by atoms with Crippen molar-refractivity contribution in [2.24, 2.45) is 0 Å². The van der Waals surface area contributed by atoms with Crippen LogP contribution in [0.4, 0.5) is 11.6 Å². The van der Waals surface area contributed by atoms with E-state index in [2.05, 4.69) is 20.8 Å². The fraction of sp³-hybridized carbons (Fsp3) is 0.353. The lowest BCUT2D eigenvalue weighted by Gasteiger charge is -2.11. The molecule has 2 N–H and O–H groups in total. The van der Waals surface area contributed by atoms with E-state index >= 15 is 0 Å². The largest absolute Gasteiger partial charge is 0.365 e. The lowest BCUT2D eigenvalue weighted by molar-refractivity contribution is -0.115. The Morgan fingerprint density at radius 2 is 1.88 bits per heavy atom. The molecule has 2 aromatic rings. The Kier molecular flexibility index (Phi) is 4.98. The Bertz CT molecular complexity index is 866. The molecule has 0 aliphatic carbocycles. The standard InChI is InChI=1S/C17H20N4O3S/c1-12-4-2-3-5-13(12)10-17(22)19-16-7-6-15(20-21-16)18-14-8-9-25(23,24)11-14/h2-7,14H,8-11H2,1H3,(H,18,20)(H,19,21,22). The summed E-state index contributed by atoms with van der Waals surface area (Å²) in [4.78, 5) is 12.1. The van der Waals surface area contributed by atoms with Crippen LogP contribution < -0.4 is 10.6 Å². The fourth-order valence-electron chi connectivity index (χ4n) is 2.76. The summed E-state index contributed by atoms with van der Waals surface area (Å²) in [5.41, 5.74) is 2.03. The lowest BCUT2D eigenvalue weighted by Crippen LogP contribution is -2.21. The number of benzene rings is 1. The number of anilines is 2. The molecule has 7 nitrogen and oxygen atoms in total. The van der Waals surface area contributed by atoms with E-state index in [1.165, 1.54) is 0 Å². The second kappa shape index (κ2) is 7.18. The molecule has 1 amide bonds. The van der Waals surface area contributed by atoms with Crippen molar-refractivity contribution in [2.45, 2.75) is 25.8 Å². The predicted molar refractivity (Wildman–Crippen MR) is 96.2 cm³/mol. The van der Waals surface area contributed by atoms with Crippen LogP contribution in [0.2, 0.25) is 0 Å². The third-order valence-corrected chi connectivity index (χ3v) is 5.90. The number of carbonyl (C=O) groups excluding carboxylic acids is 1. The van der Waals surface area contributed by atoms with Gasteiger partial charge >= 0.3 is 0 Å². The highest BCUT2D eigenvalue weighted by molar-refractivity contribution is 7.91. The maximum atomic E-state index is 12.1. The molecule has 0 radical (unpaired) electrons. The highest BCUT2D eigenvalue weighted by Gasteiger charge is 2.27. The summed E-state index contributed by atoms with van der Waals surface area (Å²) in [6.07, 6.45) is 0.840. The van der Waals surface area contributed by atoms with Gasteiger partial charge in [0.15, 0.2) is 15.7 Å². The summed E-state index contributed by atoms with van der Waals surface area (Å²) < 4.78 is 22.9. The van der Waals surface area contributed by atoms with E-state index < -0.39 is 9.84 Å². The SMILES string of the molecule is Cc1ccccc1CC(=O)Nc1ccc(NC2CCS(=O)(=O)C2)nn1. The van der Waals surface area contributed by atoms with Gasteiger partial charge < -0.3 is 10.6 Å². The first-order valence-electron chi connectivity index (χ1n) is 8.06. The summed E-state index contributed by atoms with van der Waals surface area (Å²) >= 11 is 0. The van der Waals surface area contributed by atoms with Crippen LogP contribution in [0, 0.1) is 6.92 Å². The molecule has 1 aliphatic heterocycles. The zero-order valence-electron chi connectivity index (χ0n) is 13.9. The summed E-state index contributed by atoms with van der Waals surface area (Å²) in [5, 5.41) is 13.7. The number of hydrogen-bond donors (Lipinski definition) is 2. The Labute approximate surface area is 146 Å². The van der Waals surface area contributed by atoms with E-state index in [0.29, 0.717) is 18.1 Å². The van der Waals surface area contributed by atoms with Gasteiger partial charge in [-0.15, -0.1) is 10.2 Å². The molecular formula is C17H20N4O3S. The van der Waals surface area contributed by atoms with Gasteiger partial charge in [-0.2, -0.15) is 0 Å². The van der Waals surface area contributed by atoms with Crippen LogP contribution in [0.15, 0.2) is 36.4 Å². The third kappa shape index (κ3) is 4.76. The monoisotopic (exact) mass is 360 g/mol. The van der Waals surface area contributed by atoms with Crippen LogP contribution in [0.1, 0.15) is 17.5 Å². The summed E-state index contributed by atoms with van der Waals surface area (Å²) in [6.45, 7) is 1.96. The molecule has 1 unspecified atom stereocenters. The third-order valence-electron chi connectivity index (χ3n) is 4.13. The van der Waals surface area contributed by atoms with Gasteiger partial charge in [-0.3, -0.25) is 4.79 Å². The topological polar surface area (TPSA) is 101 Å². The Morgan fingerprint density at radius 1 is 1.16 bits per heavy atom. The minimum atomic E-state index is -2.94. The van der Waals surface area contributed by atoms with Crippen molar-refractivity contribution in [3.63, 3.8) is 0 Å². The Hall–Kier alpha value is -2.48. The molecule has 0 saturated carbocycles. The maximum Gasteiger partial charge on any atom is 0.230 e. The second-order valence-corrected chi connectivity index (χ2v) is 8.43. The van der Waals surface area contributed by atoms with Gasteiger partial charge in [-0.25, -0.2) is 8.42 Å². The van der Waals surface area contributed by atoms with Crippen molar-refractivity contribution in [2.75, 3.05) is 22.1 Å². The number of aromatic nitrogens is 2. The van der Waals surface area contributed by atoms with Crippen molar-refractivity contribution < 1.29 is 13.2 Å². The average Bonchev–Trinajstić information content (AvgIpc) is 2.90. The van der Waals surface area contributed by atoms with Crippen LogP contribution in [-0.2, 0) is 21.1 Å². The predicted octanol–water partition coefficient (Wildman–Crippen LogP) is 1.57. The van der Waals surface area contributed by atoms with E-state index in [-0.39, 0.29) is 29.9 Å². The van der Waals surface area contributed by atoms with E-state index in [9.17, 15) is 13.2 Å². The van der Waals surface area contributed by atoms with Crippen molar-refractivity contribution in [1.29, 1.82) is 0 Å². The van der Waals surface area contributed by atoms with Crippen LogP contribution in [0.25, 0.3) is 0 Å². The normalized spacial score (nSPS) is 18.7. The Morgan fingerprint density at radius 3 is 2.52 bits per heavy atom. The fourth-order valence-corrected chi connectivity index (χ4v) is 4.44. The number of rotatable bonds is 5. The average molecular weight is 360 g/mol. The van der Waals surface area contributed by atoms with Gasteiger partial charge in [-0.1, -0.05) is 24.3 Å². The summed E-state index contributed by atoms with van der Waals surface area (Å²) in [7, 11) is -2.94. The highest BCUT2D eigenvalue weighted by atomic mass is 32.2. The van der Waals surface area contributed by atoms with Crippen molar-refractivity contribution in [1.82, 2.24) is 10.2 Å². The lowest BCUT2D eigenvalue weighted by atomic mass is 10.1. The zero-order chi connectivity index (χ0) is 17.9. The molecule has 1 aromatic heterocycles. The van der Waals surface area contributed by atoms with Crippen molar-refractivity contribution in [3.8, 4) is 0 Å². The number of amides is 1. The quantitative estimate of drug-likeness (QED) is 0.839. The molecule has 3 rings (SSSR count). The van der Waals surface area contributed by atoms with Gasteiger partial charge in [0.1, 0.15) is 5.82 Å². The first-order chi connectivity index (χ1) is 11.9. The van der Waals surface area contributed by atoms with Gasteiger partial charge in [0, 0.05) is 6.04 Å². The van der Waals surface area contributed by atoms with E-state index in [1.807, 2.05) is 31.2 Å². The van der Waals surface area contributed by atoms with Crippen LogP contribution in [-0.4, -0.2) is 42.1 Å². The number of aryl methyl sites for hydroxylation is 1. The molecule has 1 aliphatic rings. The molecule has 1 aromatic carbocycles. The highest BCUT2D eigenvalue weighted by Crippen LogP contribution is 2.16. The smallest absolute Gasteiger partial charge is 0.230 e. The molecule has 8 heteroatoms. The maximum absolute atomic E-state index is 12.1. The molecule has 25 heavy (non-hydrogen) atoms. The molecule has 2 heterocycles. The zero-order valence-corrected chi connectivity index (χ0v) is 14.7. The molecule has 0 bridgehead atoms. The van der Waals surface area contributed by atoms with Gasteiger partial charge in [0.2, 0.25) is 5.91 Å². The van der Waals surface area contributed by atoms with Crippen LogP contribution in [0.3, 0.4) is 0 Å². The molecular weight excluding hydrogens is 340 g/mol. The van der Waals surface area contributed by atoms with Crippen LogP contribution in [0.5, 0.6) is 0 Å². The number of hydrogen-bond acceptors (Lipinski definition) is 6. The molecule has 1 fully saturated rings. The molecule has 1 saturated heterocycles. The van der Waals surface area contributed by atoms with Crippen molar-refractivity contribution in [3.05, 3.63) is 47.5 Å². The molecule has 1 atom stereocenters. The minimum Gasteiger partial charge on any atom is -0.365 e. The Balaban J connectivity index is 1.55. The first kappa shape index (κ1) is 17.3. The van der Waals surface area contributed by atoms with E-state index in [4.69, 9.17) is 0 Å². The number of sulfone groups is 1. The second-order valence-electron chi connectivity index (χ2n) is 6.20. The first-order valence-corrected chi connectivity index (χ1v) is 9.88. The van der Waals surface area contributed by atoms with E-state index in [0.717, 1.165) is 11.1 Å². The summed E-state index contributed by atoms with van der Waals surface area (Å²) in [5.74, 6) is 1.02. The van der Waals surface area contributed by atoms with Gasteiger partial charge in [-0.05, 0) is 36.6 Å². The van der Waals surface area contributed by atoms with Gasteiger partial charge in [0.25, 0.3) is 0 Å². The minimum absolute atomic E-state index is 0.115. The van der Waals surface area contributed by atoms with Crippen LogP contribution >= 0.6 is 0 Å². The number of carbonyl (C=O) groups is 1. The van der Waals surface area contributed by atoms with Crippen molar-refractivity contribution >= 4 is 27.4 Å². The molecule has 132 valence electrons. The van der Waals surface area contributed by atoms with Gasteiger partial charge in [0.05, 0.1) is 17.9 Å². The summed E-state index contributed by atoms with van der Waals surface area (Å²) in [6, 6.07) is 10.9. The molecule has 0 spiro atoms. The number of nitrogens with zero attached hydrogens (tertiary/aromatic N) is 2. The van der Waals surface area contributed by atoms with E-state index in [1.54, 1.807) is 12.1 Å². The number of nitrogens with one attached hydrogen (secondary N) is 2.